The Labute approximate surface area is 120 Å². The van der Waals surface area contributed by atoms with E-state index in [1.807, 2.05) is 19.1 Å². The van der Waals surface area contributed by atoms with Crippen LogP contribution in [0, 0.1) is 28.4 Å². The van der Waals surface area contributed by atoms with E-state index in [9.17, 15) is 10.1 Å². The maximum Gasteiger partial charge on any atom is 0.312 e. The van der Waals surface area contributed by atoms with Crippen molar-refractivity contribution in [2.75, 3.05) is 6.61 Å². The molecule has 0 saturated heterocycles. The van der Waals surface area contributed by atoms with Crippen molar-refractivity contribution in [1.29, 1.82) is 5.26 Å². The number of hydrogen-bond acceptors (Lipinski definition) is 6. The zero-order chi connectivity index (χ0) is 15.2. The zero-order valence-electron chi connectivity index (χ0n) is 11.4. The van der Waals surface area contributed by atoms with Crippen LogP contribution in [0.2, 0.25) is 0 Å². The van der Waals surface area contributed by atoms with Gasteiger partial charge in [-0.1, -0.05) is 5.16 Å². The van der Waals surface area contributed by atoms with E-state index in [2.05, 4.69) is 5.16 Å². The first-order chi connectivity index (χ1) is 10.1. The standard InChI is InChI=1S/C14H13N3O4/c1-10-7-12(21-16-10)3-2-6-20-14-5-4-11(9-15)8-13(14)17(18)19/h4-5,7-8H,2-3,6H2,1H3. The normalized spacial score (nSPS) is 10.1. The lowest BCUT2D eigenvalue weighted by atomic mass is 10.2. The zero-order valence-corrected chi connectivity index (χ0v) is 11.4. The molecule has 0 aliphatic heterocycles. The molecule has 0 bridgehead atoms. The topological polar surface area (TPSA) is 102 Å². The second-order valence-electron chi connectivity index (χ2n) is 4.44. The highest BCUT2D eigenvalue weighted by atomic mass is 16.6. The summed E-state index contributed by atoms with van der Waals surface area (Å²) in [6.45, 7) is 2.15. The van der Waals surface area contributed by atoms with Crippen LogP contribution >= 0.6 is 0 Å². The Morgan fingerprint density at radius 3 is 2.90 bits per heavy atom. The summed E-state index contributed by atoms with van der Waals surface area (Å²) in [5.74, 6) is 0.915. The minimum Gasteiger partial charge on any atom is -0.487 e. The largest absolute Gasteiger partial charge is 0.487 e. The molecule has 0 amide bonds. The maximum atomic E-state index is 10.9. The molecule has 0 N–H and O–H groups in total. The average Bonchev–Trinajstić information content (AvgIpc) is 2.89. The molecule has 1 aromatic carbocycles. The molecule has 1 heterocycles. The Hall–Kier alpha value is -2.88. The molecular formula is C14H13N3O4. The van der Waals surface area contributed by atoms with E-state index in [-0.39, 0.29) is 17.0 Å². The fourth-order valence-electron chi connectivity index (χ4n) is 1.81. The van der Waals surface area contributed by atoms with E-state index in [1.165, 1.54) is 18.2 Å². The van der Waals surface area contributed by atoms with Gasteiger partial charge < -0.3 is 9.26 Å². The fourth-order valence-corrected chi connectivity index (χ4v) is 1.81. The minimum atomic E-state index is -0.560. The molecule has 0 unspecified atom stereocenters. The van der Waals surface area contributed by atoms with Gasteiger partial charge >= 0.3 is 5.69 Å². The quantitative estimate of drug-likeness (QED) is 0.460. The highest BCUT2D eigenvalue weighted by Crippen LogP contribution is 2.27. The van der Waals surface area contributed by atoms with Gasteiger partial charge in [0.1, 0.15) is 5.76 Å². The Balaban J connectivity index is 1.93. The molecule has 2 aromatic rings. The third kappa shape index (κ3) is 3.79. The summed E-state index contributed by atoms with van der Waals surface area (Å²) in [7, 11) is 0. The first-order valence-corrected chi connectivity index (χ1v) is 6.33. The first-order valence-electron chi connectivity index (χ1n) is 6.33. The number of nitro groups is 1. The van der Waals surface area contributed by atoms with Crippen molar-refractivity contribution in [3.8, 4) is 11.8 Å². The molecule has 1 aromatic heterocycles. The van der Waals surface area contributed by atoms with Crippen LogP contribution in [0.4, 0.5) is 5.69 Å². The number of nitro benzene ring substituents is 1. The molecule has 0 aliphatic rings. The van der Waals surface area contributed by atoms with E-state index in [4.69, 9.17) is 14.5 Å². The summed E-state index contributed by atoms with van der Waals surface area (Å²) in [5.41, 5.74) is 0.837. The van der Waals surface area contributed by atoms with Gasteiger partial charge in [0, 0.05) is 18.6 Å². The number of aryl methyl sites for hydroxylation is 2. The average molecular weight is 287 g/mol. The van der Waals surface area contributed by atoms with E-state index >= 15 is 0 Å². The van der Waals surface area contributed by atoms with Gasteiger partial charge in [0.15, 0.2) is 5.75 Å². The Morgan fingerprint density at radius 2 is 2.29 bits per heavy atom. The van der Waals surface area contributed by atoms with Gasteiger partial charge in [-0.2, -0.15) is 5.26 Å². The van der Waals surface area contributed by atoms with Crippen LogP contribution in [0.15, 0.2) is 28.8 Å². The smallest absolute Gasteiger partial charge is 0.312 e. The van der Waals surface area contributed by atoms with Crippen molar-refractivity contribution in [1.82, 2.24) is 5.16 Å². The van der Waals surface area contributed by atoms with Crippen LogP contribution < -0.4 is 4.74 Å². The monoisotopic (exact) mass is 287 g/mol. The van der Waals surface area contributed by atoms with Gasteiger partial charge in [-0.15, -0.1) is 0 Å². The molecule has 21 heavy (non-hydrogen) atoms. The highest BCUT2D eigenvalue weighted by molar-refractivity contribution is 5.51. The van der Waals surface area contributed by atoms with Crippen molar-refractivity contribution >= 4 is 5.69 Å². The summed E-state index contributed by atoms with van der Waals surface area (Å²) >= 11 is 0. The lowest BCUT2D eigenvalue weighted by Gasteiger charge is -2.06. The number of nitrogens with zero attached hydrogens (tertiary/aromatic N) is 3. The van der Waals surface area contributed by atoms with Gasteiger partial charge in [-0.05, 0) is 25.5 Å². The molecule has 0 aliphatic carbocycles. The number of rotatable bonds is 6. The predicted molar refractivity (Wildman–Crippen MR) is 72.9 cm³/mol. The van der Waals surface area contributed by atoms with Crippen molar-refractivity contribution in [2.45, 2.75) is 19.8 Å². The third-order valence-electron chi connectivity index (χ3n) is 2.79. The molecular weight excluding hydrogens is 274 g/mol. The van der Waals surface area contributed by atoms with Gasteiger partial charge in [-0.25, -0.2) is 0 Å². The summed E-state index contributed by atoms with van der Waals surface area (Å²) < 4.78 is 10.5. The molecule has 0 atom stereocenters. The predicted octanol–water partition coefficient (Wildman–Crippen LogP) is 2.77. The minimum absolute atomic E-state index is 0.160. The van der Waals surface area contributed by atoms with Crippen molar-refractivity contribution in [3.63, 3.8) is 0 Å². The fraction of sp³-hybridized carbons (Fsp3) is 0.286. The second-order valence-corrected chi connectivity index (χ2v) is 4.44. The third-order valence-corrected chi connectivity index (χ3v) is 2.79. The molecule has 2 rings (SSSR count). The number of ether oxygens (including phenoxy) is 1. The summed E-state index contributed by atoms with van der Waals surface area (Å²) in [6.07, 6.45) is 1.29. The Morgan fingerprint density at radius 1 is 1.48 bits per heavy atom. The number of nitriles is 1. The maximum absolute atomic E-state index is 10.9. The number of aromatic nitrogens is 1. The van der Waals surface area contributed by atoms with E-state index < -0.39 is 4.92 Å². The lowest BCUT2D eigenvalue weighted by molar-refractivity contribution is -0.385. The van der Waals surface area contributed by atoms with Crippen LogP contribution in [-0.2, 0) is 6.42 Å². The number of benzene rings is 1. The van der Waals surface area contributed by atoms with E-state index in [1.54, 1.807) is 0 Å². The van der Waals surface area contributed by atoms with E-state index in [0.717, 1.165) is 11.5 Å². The summed E-state index contributed by atoms with van der Waals surface area (Å²) in [5, 5.41) is 23.5. The summed E-state index contributed by atoms with van der Waals surface area (Å²) in [6, 6.07) is 7.83. The van der Waals surface area contributed by atoms with Crippen molar-refractivity contribution in [2.24, 2.45) is 0 Å². The summed E-state index contributed by atoms with van der Waals surface area (Å²) in [4.78, 5) is 10.4. The second kappa shape index (κ2) is 6.52. The van der Waals surface area contributed by atoms with Gasteiger partial charge in [0.25, 0.3) is 0 Å². The molecule has 0 fully saturated rings. The highest BCUT2D eigenvalue weighted by Gasteiger charge is 2.16. The van der Waals surface area contributed by atoms with Gasteiger partial charge in [0.05, 0.1) is 28.9 Å². The van der Waals surface area contributed by atoms with Crippen LogP contribution in [0.1, 0.15) is 23.4 Å². The van der Waals surface area contributed by atoms with Crippen molar-refractivity contribution < 1.29 is 14.2 Å². The first kappa shape index (κ1) is 14.5. The molecule has 7 heteroatoms. The van der Waals surface area contributed by atoms with Gasteiger partial charge in [0.2, 0.25) is 0 Å². The Kier molecular flexibility index (Phi) is 4.51. The SMILES string of the molecule is Cc1cc(CCCOc2ccc(C#N)cc2[N+](=O)[O-])on1. The van der Waals surface area contributed by atoms with E-state index in [0.29, 0.717) is 19.4 Å². The van der Waals surface area contributed by atoms with Crippen LogP contribution in [0.3, 0.4) is 0 Å². The molecule has 0 saturated carbocycles. The Bertz CT molecular complexity index is 688. The number of hydrogen-bond donors (Lipinski definition) is 0. The lowest BCUT2D eigenvalue weighted by Crippen LogP contribution is -2.02. The van der Waals surface area contributed by atoms with Crippen molar-refractivity contribution in [3.05, 3.63) is 51.4 Å². The van der Waals surface area contributed by atoms with Crippen LogP contribution in [0.5, 0.6) is 5.75 Å². The van der Waals surface area contributed by atoms with Gasteiger partial charge in [-0.3, -0.25) is 10.1 Å². The van der Waals surface area contributed by atoms with Crippen LogP contribution in [-0.4, -0.2) is 16.7 Å². The molecule has 7 nitrogen and oxygen atoms in total. The van der Waals surface area contributed by atoms with Crippen LogP contribution in [0.25, 0.3) is 0 Å². The molecule has 108 valence electrons. The molecule has 0 spiro atoms. The molecule has 0 radical (unpaired) electrons.